The molecule has 5 heteroatoms. The zero-order chi connectivity index (χ0) is 20.4. The van der Waals surface area contributed by atoms with Crippen LogP contribution in [0.2, 0.25) is 0 Å². The molecule has 1 amide bonds. The fourth-order valence-electron chi connectivity index (χ4n) is 3.90. The summed E-state index contributed by atoms with van der Waals surface area (Å²) in [4.78, 5) is 17.3. The largest absolute Gasteiger partial charge is 0.508 e. The van der Waals surface area contributed by atoms with Crippen molar-refractivity contribution < 1.29 is 14.6 Å². The molecule has 1 atom stereocenters. The summed E-state index contributed by atoms with van der Waals surface area (Å²) >= 11 is 0. The van der Waals surface area contributed by atoms with E-state index in [-0.39, 0.29) is 17.6 Å². The summed E-state index contributed by atoms with van der Waals surface area (Å²) in [6.07, 6.45) is 0. The maximum atomic E-state index is 13.1. The molecule has 5 nitrogen and oxygen atoms in total. The Morgan fingerprint density at radius 1 is 0.931 bits per heavy atom. The zero-order valence-electron chi connectivity index (χ0n) is 16.8. The smallest absolute Gasteiger partial charge is 0.229 e. The molecule has 1 aliphatic rings. The van der Waals surface area contributed by atoms with E-state index in [1.165, 1.54) is 0 Å². The Morgan fingerprint density at radius 2 is 1.59 bits per heavy atom. The van der Waals surface area contributed by atoms with Gasteiger partial charge in [-0.15, -0.1) is 0 Å². The summed E-state index contributed by atoms with van der Waals surface area (Å²) in [5, 5.41) is 11.7. The summed E-state index contributed by atoms with van der Waals surface area (Å²) in [6.45, 7) is 4.98. The fraction of sp³-hybridized carbons (Fsp3) is 0.292. The van der Waals surface area contributed by atoms with Gasteiger partial charge < -0.3 is 19.6 Å². The number of fused-ring (bicyclic) bond motifs is 1. The first-order valence-electron chi connectivity index (χ1n) is 9.95. The predicted molar refractivity (Wildman–Crippen MR) is 116 cm³/mol. The number of hydrogen-bond acceptors (Lipinski definition) is 4. The van der Waals surface area contributed by atoms with Gasteiger partial charge in [0.25, 0.3) is 0 Å². The number of rotatable bonds is 4. The number of aromatic hydroxyl groups is 1. The van der Waals surface area contributed by atoms with E-state index in [9.17, 15) is 9.90 Å². The van der Waals surface area contributed by atoms with Crippen molar-refractivity contribution in [1.29, 1.82) is 0 Å². The van der Waals surface area contributed by atoms with Crippen LogP contribution in [0.5, 0.6) is 11.5 Å². The van der Waals surface area contributed by atoms with Crippen LogP contribution in [0.15, 0.2) is 60.7 Å². The molecule has 1 heterocycles. The predicted octanol–water partition coefficient (Wildman–Crippen LogP) is 4.01. The highest BCUT2D eigenvalue weighted by molar-refractivity contribution is 5.88. The van der Waals surface area contributed by atoms with Crippen LogP contribution in [-0.4, -0.2) is 49.2 Å². The molecular weight excluding hydrogens is 364 g/mol. The third kappa shape index (κ3) is 3.99. The van der Waals surface area contributed by atoms with Gasteiger partial charge in [0.1, 0.15) is 11.5 Å². The van der Waals surface area contributed by atoms with Crippen LogP contribution in [-0.2, 0) is 4.79 Å². The van der Waals surface area contributed by atoms with Crippen LogP contribution in [0.3, 0.4) is 0 Å². The van der Waals surface area contributed by atoms with Crippen LogP contribution in [0.1, 0.15) is 18.4 Å². The van der Waals surface area contributed by atoms with Crippen LogP contribution >= 0.6 is 0 Å². The summed E-state index contributed by atoms with van der Waals surface area (Å²) in [7, 11) is 1.66. The molecule has 3 aromatic carbocycles. The molecule has 4 rings (SSSR count). The quantitative estimate of drug-likeness (QED) is 0.731. The number of ether oxygens (including phenoxy) is 1. The number of anilines is 1. The van der Waals surface area contributed by atoms with Gasteiger partial charge in [0.05, 0.1) is 13.0 Å². The molecule has 0 bridgehead atoms. The number of nitrogens with zero attached hydrogens (tertiary/aromatic N) is 2. The molecular formula is C24H26N2O3. The van der Waals surface area contributed by atoms with Crippen molar-refractivity contribution in [2.75, 3.05) is 38.2 Å². The Balaban J connectivity index is 1.43. The molecule has 1 aliphatic heterocycles. The second kappa shape index (κ2) is 8.03. The summed E-state index contributed by atoms with van der Waals surface area (Å²) in [5.41, 5.74) is 2.11. The first-order chi connectivity index (χ1) is 14.0. The van der Waals surface area contributed by atoms with Crippen LogP contribution < -0.4 is 9.64 Å². The minimum absolute atomic E-state index is 0.170. The zero-order valence-corrected chi connectivity index (χ0v) is 16.8. The summed E-state index contributed by atoms with van der Waals surface area (Å²) in [5.74, 6) is 1.09. The second-order valence-electron chi connectivity index (χ2n) is 7.52. The third-order valence-electron chi connectivity index (χ3n) is 5.75. The van der Waals surface area contributed by atoms with E-state index in [4.69, 9.17) is 4.74 Å². The number of methoxy groups -OCH3 is 1. The maximum absolute atomic E-state index is 13.1. The Bertz CT molecular complexity index is 1010. The Labute approximate surface area is 171 Å². The fourth-order valence-corrected chi connectivity index (χ4v) is 3.90. The summed E-state index contributed by atoms with van der Waals surface area (Å²) in [6, 6.07) is 19.4. The van der Waals surface area contributed by atoms with Crippen molar-refractivity contribution in [2.45, 2.75) is 12.8 Å². The van der Waals surface area contributed by atoms with E-state index in [1.54, 1.807) is 19.2 Å². The van der Waals surface area contributed by atoms with E-state index in [1.807, 2.05) is 48.2 Å². The Kier molecular flexibility index (Phi) is 5.30. The maximum Gasteiger partial charge on any atom is 0.229 e. The van der Waals surface area contributed by atoms with Gasteiger partial charge in [-0.1, -0.05) is 24.3 Å². The molecule has 0 saturated carbocycles. The number of hydrogen-bond donors (Lipinski definition) is 1. The topological polar surface area (TPSA) is 53.0 Å². The molecule has 29 heavy (non-hydrogen) atoms. The minimum atomic E-state index is -0.179. The number of piperazine rings is 1. The van der Waals surface area contributed by atoms with Gasteiger partial charge in [0.2, 0.25) is 5.91 Å². The Hall–Kier alpha value is -3.21. The molecule has 1 N–H and O–H groups in total. The first kappa shape index (κ1) is 19.1. The van der Waals surface area contributed by atoms with E-state index in [2.05, 4.69) is 17.0 Å². The number of benzene rings is 3. The molecule has 150 valence electrons. The van der Waals surface area contributed by atoms with E-state index >= 15 is 0 Å². The van der Waals surface area contributed by atoms with Crippen molar-refractivity contribution in [2.24, 2.45) is 0 Å². The third-order valence-corrected chi connectivity index (χ3v) is 5.75. The lowest BCUT2D eigenvalue weighted by molar-refractivity contribution is -0.132. The highest BCUT2D eigenvalue weighted by atomic mass is 16.5. The van der Waals surface area contributed by atoms with Crippen molar-refractivity contribution in [3.8, 4) is 11.5 Å². The van der Waals surface area contributed by atoms with E-state index in [0.717, 1.165) is 40.9 Å². The SMILES string of the molecule is COc1ccc2cc(C(C)C(=O)N3CCN(c4ccc(O)cc4)CC3)ccc2c1. The number of carbonyl (C=O) groups is 1. The molecule has 0 aromatic heterocycles. The van der Waals surface area contributed by atoms with Crippen molar-refractivity contribution >= 4 is 22.4 Å². The van der Waals surface area contributed by atoms with Gasteiger partial charge in [0, 0.05) is 31.9 Å². The van der Waals surface area contributed by atoms with Crippen LogP contribution in [0, 0.1) is 0 Å². The molecule has 1 fully saturated rings. The average Bonchev–Trinajstić information content (AvgIpc) is 2.78. The van der Waals surface area contributed by atoms with Gasteiger partial charge >= 0.3 is 0 Å². The standard InChI is InChI=1S/C24H26N2O3/c1-17(18-3-4-20-16-23(29-2)10-5-19(20)15-18)24(28)26-13-11-25(12-14-26)21-6-8-22(27)9-7-21/h3-10,15-17,27H,11-14H2,1-2H3. The highest BCUT2D eigenvalue weighted by Crippen LogP contribution is 2.27. The van der Waals surface area contributed by atoms with Crippen molar-refractivity contribution in [3.63, 3.8) is 0 Å². The molecule has 0 radical (unpaired) electrons. The van der Waals surface area contributed by atoms with Crippen LogP contribution in [0.4, 0.5) is 5.69 Å². The number of phenolic OH excluding ortho intramolecular Hbond substituents is 1. The molecule has 1 unspecified atom stereocenters. The van der Waals surface area contributed by atoms with Crippen molar-refractivity contribution in [1.82, 2.24) is 4.90 Å². The number of amides is 1. The lowest BCUT2D eigenvalue weighted by Crippen LogP contribution is -2.49. The lowest BCUT2D eigenvalue weighted by atomic mass is 9.96. The molecule has 1 saturated heterocycles. The minimum Gasteiger partial charge on any atom is -0.508 e. The molecule has 0 spiro atoms. The lowest BCUT2D eigenvalue weighted by Gasteiger charge is -2.37. The summed E-state index contributed by atoms with van der Waals surface area (Å²) < 4.78 is 5.29. The average molecular weight is 390 g/mol. The van der Waals surface area contributed by atoms with Crippen LogP contribution in [0.25, 0.3) is 10.8 Å². The van der Waals surface area contributed by atoms with Gasteiger partial charge in [-0.25, -0.2) is 0 Å². The van der Waals surface area contributed by atoms with Gasteiger partial charge in [-0.3, -0.25) is 4.79 Å². The number of phenols is 1. The molecule has 0 aliphatic carbocycles. The van der Waals surface area contributed by atoms with Gasteiger partial charge in [-0.05, 0) is 59.7 Å². The van der Waals surface area contributed by atoms with Crippen molar-refractivity contribution in [3.05, 3.63) is 66.2 Å². The van der Waals surface area contributed by atoms with E-state index in [0.29, 0.717) is 13.1 Å². The molecule has 3 aromatic rings. The van der Waals surface area contributed by atoms with E-state index < -0.39 is 0 Å². The second-order valence-corrected chi connectivity index (χ2v) is 7.52. The normalized spacial score (nSPS) is 15.4. The van der Waals surface area contributed by atoms with Gasteiger partial charge in [0.15, 0.2) is 0 Å². The first-order valence-corrected chi connectivity index (χ1v) is 9.95. The number of carbonyl (C=O) groups excluding carboxylic acids is 1. The monoisotopic (exact) mass is 390 g/mol. The highest BCUT2D eigenvalue weighted by Gasteiger charge is 2.26. The van der Waals surface area contributed by atoms with Gasteiger partial charge in [-0.2, -0.15) is 0 Å². The Morgan fingerprint density at radius 3 is 2.28 bits per heavy atom.